The van der Waals surface area contributed by atoms with Gasteiger partial charge in [-0.3, -0.25) is 4.79 Å². The Hall–Kier alpha value is -2.23. The number of carbonyl (C=O) groups excluding carboxylic acids is 1. The molecule has 1 aromatic carbocycles. The molecule has 2 aromatic rings. The zero-order valence-electron chi connectivity index (χ0n) is 9.06. The number of halogens is 1. The Labute approximate surface area is 98.1 Å². The van der Waals surface area contributed by atoms with Gasteiger partial charge in [0.05, 0.1) is 5.56 Å². The summed E-state index contributed by atoms with van der Waals surface area (Å²) in [6, 6.07) is 9.41. The number of nitrogen functional groups attached to an aromatic ring is 1. The highest BCUT2D eigenvalue weighted by molar-refractivity contribution is 6.01. The number of Topliss-reactive ketones (excluding diaryl/α,β-unsaturated/α-hetero) is 1. The van der Waals surface area contributed by atoms with E-state index < -0.39 is 0 Å². The number of nitrogens with zero attached hydrogens (tertiary/aromatic N) is 1. The minimum Gasteiger partial charge on any atom is -0.383 e. The molecule has 0 aliphatic rings. The van der Waals surface area contributed by atoms with Crippen molar-refractivity contribution >= 4 is 11.6 Å². The summed E-state index contributed by atoms with van der Waals surface area (Å²) in [5, 5.41) is 0. The Morgan fingerprint density at radius 2 is 2.00 bits per heavy atom. The third-order valence-electron chi connectivity index (χ3n) is 2.45. The number of aromatic nitrogens is 1. The van der Waals surface area contributed by atoms with Crippen molar-refractivity contribution < 1.29 is 9.18 Å². The fraction of sp³-hybridized carbons (Fsp3) is 0.0769. The molecule has 0 saturated carbocycles. The summed E-state index contributed by atoms with van der Waals surface area (Å²) in [6.07, 6.45) is 1.50. The molecule has 17 heavy (non-hydrogen) atoms. The Balaban J connectivity index is 2.24. The summed E-state index contributed by atoms with van der Waals surface area (Å²) in [5.74, 6) is -0.446. The smallest absolute Gasteiger partial charge is 0.171 e. The van der Waals surface area contributed by atoms with Crippen molar-refractivity contribution in [2.24, 2.45) is 0 Å². The van der Waals surface area contributed by atoms with E-state index in [1.807, 2.05) is 0 Å². The van der Waals surface area contributed by atoms with E-state index in [0.29, 0.717) is 11.1 Å². The predicted octanol–water partition coefficient (Wildman–Crippen LogP) is 2.23. The van der Waals surface area contributed by atoms with Crippen LogP contribution in [0.2, 0.25) is 0 Å². The van der Waals surface area contributed by atoms with Gasteiger partial charge in [0, 0.05) is 12.6 Å². The number of pyridine rings is 1. The zero-order chi connectivity index (χ0) is 12.3. The molecular weight excluding hydrogens is 219 g/mol. The summed E-state index contributed by atoms with van der Waals surface area (Å²) < 4.78 is 13.4. The monoisotopic (exact) mass is 230 g/mol. The van der Waals surface area contributed by atoms with Crippen molar-refractivity contribution in [2.75, 3.05) is 5.73 Å². The highest BCUT2D eigenvalue weighted by atomic mass is 19.1. The van der Waals surface area contributed by atoms with Crippen LogP contribution in [0.5, 0.6) is 0 Å². The number of nitrogens with two attached hydrogens (primary N) is 1. The topological polar surface area (TPSA) is 56.0 Å². The normalized spacial score (nSPS) is 10.2. The van der Waals surface area contributed by atoms with Gasteiger partial charge >= 0.3 is 0 Å². The van der Waals surface area contributed by atoms with Gasteiger partial charge in [0.1, 0.15) is 11.6 Å². The number of benzene rings is 1. The van der Waals surface area contributed by atoms with Crippen molar-refractivity contribution in [3.8, 4) is 0 Å². The van der Waals surface area contributed by atoms with Crippen molar-refractivity contribution in [2.45, 2.75) is 6.42 Å². The van der Waals surface area contributed by atoms with Crippen molar-refractivity contribution in [3.63, 3.8) is 0 Å². The van der Waals surface area contributed by atoms with Crippen LogP contribution in [0.3, 0.4) is 0 Å². The van der Waals surface area contributed by atoms with E-state index in [4.69, 9.17) is 5.73 Å². The standard InChI is InChI=1S/C13H11FN2O/c14-11-6-2-1-4-9(11)8-12(17)10-5-3-7-16-13(10)15/h1-7H,8H2,(H2,15,16). The Kier molecular flexibility index (Phi) is 3.14. The number of carbonyl (C=O) groups is 1. The van der Waals surface area contributed by atoms with Gasteiger partial charge < -0.3 is 5.73 Å². The quantitative estimate of drug-likeness (QED) is 0.822. The van der Waals surface area contributed by atoms with E-state index >= 15 is 0 Å². The lowest BCUT2D eigenvalue weighted by molar-refractivity contribution is 0.0992. The van der Waals surface area contributed by atoms with Crippen molar-refractivity contribution in [3.05, 3.63) is 59.5 Å². The fourth-order valence-electron chi connectivity index (χ4n) is 1.56. The van der Waals surface area contributed by atoms with Crippen LogP contribution in [0.1, 0.15) is 15.9 Å². The van der Waals surface area contributed by atoms with E-state index in [1.165, 1.54) is 12.3 Å². The second-order valence-electron chi connectivity index (χ2n) is 3.63. The SMILES string of the molecule is Nc1ncccc1C(=O)Cc1ccccc1F. The summed E-state index contributed by atoms with van der Waals surface area (Å²) in [4.78, 5) is 15.7. The Morgan fingerprint density at radius 3 is 2.71 bits per heavy atom. The highest BCUT2D eigenvalue weighted by Crippen LogP contribution is 2.14. The average molecular weight is 230 g/mol. The second kappa shape index (κ2) is 4.74. The molecule has 0 aliphatic carbocycles. The maximum Gasteiger partial charge on any atom is 0.171 e. The van der Waals surface area contributed by atoms with Crippen LogP contribution in [-0.4, -0.2) is 10.8 Å². The van der Waals surface area contributed by atoms with Gasteiger partial charge in [-0.25, -0.2) is 9.37 Å². The molecule has 0 unspecified atom stereocenters. The third kappa shape index (κ3) is 2.47. The molecule has 0 saturated heterocycles. The van der Waals surface area contributed by atoms with Gasteiger partial charge in [-0.1, -0.05) is 18.2 Å². The average Bonchev–Trinajstić information content (AvgIpc) is 2.32. The van der Waals surface area contributed by atoms with E-state index in [0.717, 1.165) is 0 Å². The first kappa shape index (κ1) is 11.3. The molecule has 86 valence electrons. The minimum absolute atomic E-state index is 0.0113. The van der Waals surface area contributed by atoms with Crippen LogP contribution < -0.4 is 5.73 Å². The maximum absolute atomic E-state index is 13.4. The first-order valence-electron chi connectivity index (χ1n) is 5.15. The number of hydrogen-bond donors (Lipinski definition) is 1. The summed E-state index contributed by atoms with van der Waals surface area (Å²) in [6.45, 7) is 0. The van der Waals surface area contributed by atoms with Crippen LogP contribution in [0.25, 0.3) is 0 Å². The van der Waals surface area contributed by atoms with E-state index in [9.17, 15) is 9.18 Å². The maximum atomic E-state index is 13.4. The largest absolute Gasteiger partial charge is 0.383 e. The molecule has 0 spiro atoms. The highest BCUT2D eigenvalue weighted by Gasteiger charge is 2.12. The van der Waals surface area contributed by atoms with Gasteiger partial charge in [0.2, 0.25) is 0 Å². The van der Waals surface area contributed by atoms with Crippen LogP contribution >= 0.6 is 0 Å². The third-order valence-corrected chi connectivity index (χ3v) is 2.45. The van der Waals surface area contributed by atoms with Gasteiger partial charge in [0.25, 0.3) is 0 Å². The molecular formula is C13H11FN2O. The van der Waals surface area contributed by atoms with Crippen LogP contribution in [0.15, 0.2) is 42.6 Å². The lowest BCUT2D eigenvalue weighted by atomic mass is 10.0. The van der Waals surface area contributed by atoms with Crippen LogP contribution in [-0.2, 0) is 6.42 Å². The second-order valence-corrected chi connectivity index (χ2v) is 3.63. The molecule has 0 fully saturated rings. The van der Waals surface area contributed by atoms with Gasteiger partial charge in [-0.05, 0) is 23.8 Å². The summed E-state index contributed by atoms with van der Waals surface area (Å²) in [5.41, 5.74) is 6.28. The van der Waals surface area contributed by atoms with Crippen LogP contribution in [0, 0.1) is 5.82 Å². The lowest BCUT2D eigenvalue weighted by Crippen LogP contribution is -2.09. The summed E-state index contributed by atoms with van der Waals surface area (Å²) in [7, 11) is 0. The molecule has 0 atom stereocenters. The molecule has 0 aliphatic heterocycles. The molecule has 2 N–H and O–H groups in total. The fourth-order valence-corrected chi connectivity index (χ4v) is 1.56. The number of ketones is 1. The number of hydrogen-bond acceptors (Lipinski definition) is 3. The van der Waals surface area contributed by atoms with Crippen molar-refractivity contribution in [1.82, 2.24) is 4.98 Å². The van der Waals surface area contributed by atoms with E-state index in [1.54, 1.807) is 30.3 Å². The minimum atomic E-state index is -0.386. The lowest BCUT2D eigenvalue weighted by Gasteiger charge is -2.04. The molecule has 1 heterocycles. The van der Waals surface area contributed by atoms with E-state index in [2.05, 4.69) is 4.98 Å². The van der Waals surface area contributed by atoms with Gasteiger partial charge in [0.15, 0.2) is 5.78 Å². The summed E-state index contributed by atoms with van der Waals surface area (Å²) >= 11 is 0. The number of rotatable bonds is 3. The first-order chi connectivity index (χ1) is 8.18. The zero-order valence-corrected chi connectivity index (χ0v) is 9.06. The Bertz CT molecular complexity index is 555. The molecule has 0 radical (unpaired) electrons. The van der Waals surface area contributed by atoms with Crippen molar-refractivity contribution in [1.29, 1.82) is 0 Å². The molecule has 1 aromatic heterocycles. The molecule has 4 heteroatoms. The van der Waals surface area contributed by atoms with Gasteiger partial charge in [-0.15, -0.1) is 0 Å². The Morgan fingerprint density at radius 1 is 1.24 bits per heavy atom. The van der Waals surface area contributed by atoms with E-state index in [-0.39, 0.29) is 23.8 Å². The molecule has 3 nitrogen and oxygen atoms in total. The molecule has 0 bridgehead atoms. The van der Waals surface area contributed by atoms with Gasteiger partial charge in [-0.2, -0.15) is 0 Å². The first-order valence-corrected chi connectivity index (χ1v) is 5.15. The number of anilines is 1. The molecule has 2 rings (SSSR count). The molecule has 0 amide bonds. The predicted molar refractivity (Wildman–Crippen MR) is 63.1 cm³/mol. The van der Waals surface area contributed by atoms with Crippen LogP contribution in [0.4, 0.5) is 10.2 Å².